The summed E-state index contributed by atoms with van der Waals surface area (Å²) in [6.45, 7) is 2.66. The van der Waals surface area contributed by atoms with Gasteiger partial charge in [-0.2, -0.15) is 0 Å². The molecule has 0 atom stereocenters. The molecule has 2 N–H and O–H groups in total. The first-order valence-electron chi connectivity index (χ1n) is 10.5. The number of amides is 3. The molecular weight excluding hydrogens is 461 g/mol. The molecule has 0 saturated heterocycles. The lowest BCUT2D eigenvalue weighted by Crippen LogP contribution is -2.38. The Balaban J connectivity index is 1.70. The van der Waals surface area contributed by atoms with Crippen molar-refractivity contribution in [2.75, 3.05) is 23.3 Å². The van der Waals surface area contributed by atoms with Crippen molar-refractivity contribution in [3.63, 3.8) is 0 Å². The van der Waals surface area contributed by atoms with Gasteiger partial charge < -0.3 is 15.4 Å². The number of urea groups is 1. The lowest BCUT2D eigenvalue weighted by molar-refractivity contribution is -0.119. The summed E-state index contributed by atoms with van der Waals surface area (Å²) in [5.74, 6) is 0.926. The molecule has 0 aromatic heterocycles. The number of aryl methyl sites for hydroxylation is 1. The smallest absolute Gasteiger partial charge is 0.326 e. The molecule has 0 unspecified atom stereocenters. The Hall–Kier alpha value is -3.22. The van der Waals surface area contributed by atoms with Crippen LogP contribution >= 0.6 is 23.2 Å². The Morgan fingerprint density at radius 3 is 2.30 bits per heavy atom. The van der Waals surface area contributed by atoms with Crippen LogP contribution < -0.4 is 20.3 Å². The van der Waals surface area contributed by atoms with Crippen molar-refractivity contribution in [1.29, 1.82) is 0 Å². The lowest BCUT2D eigenvalue weighted by Gasteiger charge is -2.24. The highest BCUT2D eigenvalue weighted by molar-refractivity contribution is 6.53. The number of hydrogen-bond acceptors (Lipinski definition) is 3. The summed E-state index contributed by atoms with van der Waals surface area (Å²) in [6.07, 6.45) is 0.510. The van der Waals surface area contributed by atoms with E-state index in [9.17, 15) is 9.59 Å². The van der Waals surface area contributed by atoms with E-state index in [1.807, 2.05) is 85.8 Å². The Labute approximate surface area is 203 Å². The van der Waals surface area contributed by atoms with Gasteiger partial charge in [0, 0.05) is 24.5 Å². The number of para-hydroxylation sites is 1. The molecule has 6 nitrogen and oxygen atoms in total. The normalized spacial score (nSPS) is 10.5. The summed E-state index contributed by atoms with van der Waals surface area (Å²) in [7, 11) is 0. The number of carbonyl (C=O) groups is 2. The van der Waals surface area contributed by atoms with Gasteiger partial charge in [-0.25, -0.2) is 4.79 Å². The minimum absolute atomic E-state index is 0.281. The zero-order valence-electron chi connectivity index (χ0n) is 18.1. The van der Waals surface area contributed by atoms with Gasteiger partial charge in [0.15, 0.2) is 4.84 Å². The molecule has 0 saturated carbocycles. The molecule has 0 fully saturated rings. The van der Waals surface area contributed by atoms with Crippen LogP contribution in [-0.2, 0) is 4.79 Å². The van der Waals surface area contributed by atoms with E-state index in [4.69, 9.17) is 27.9 Å². The minimum atomic E-state index is -1.12. The van der Waals surface area contributed by atoms with Gasteiger partial charge in [-0.05, 0) is 67.4 Å². The summed E-state index contributed by atoms with van der Waals surface area (Å²) in [5.41, 5.74) is 2.44. The number of rotatable bonds is 9. The van der Waals surface area contributed by atoms with Gasteiger partial charge >= 0.3 is 6.03 Å². The fourth-order valence-corrected chi connectivity index (χ4v) is 3.26. The molecule has 0 aliphatic heterocycles. The van der Waals surface area contributed by atoms with E-state index in [0.29, 0.717) is 36.6 Å². The highest BCUT2D eigenvalue weighted by Crippen LogP contribution is 2.25. The van der Waals surface area contributed by atoms with Crippen LogP contribution in [0.5, 0.6) is 11.5 Å². The fourth-order valence-electron chi connectivity index (χ4n) is 3.11. The minimum Gasteiger partial charge on any atom is -0.457 e. The van der Waals surface area contributed by atoms with Crippen molar-refractivity contribution in [1.82, 2.24) is 5.32 Å². The molecule has 3 rings (SSSR count). The van der Waals surface area contributed by atoms with E-state index in [2.05, 4.69) is 10.6 Å². The molecule has 3 aromatic carbocycles. The Morgan fingerprint density at radius 1 is 0.939 bits per heavy atom. The third-order valence-electron chi connectivity index (χ3n) is 4.70. The number of nitrogens with one attached hydrogen (secondary N) is 2. The summed E-state index contributed by atoms with van der Waals surface area (Å²) in [5, 5.41) is 5.57. The van der Waals surface area contributed by atoms with Crippen LogP contribution in [0.15, 0.2) is 78.9 Å². The maximum atomic E-state index is 13.1. The predicted octanol–water partition coefficient (Wildman–Crippen LogP) is 6.14. The van der Waals surface area contributed by atoms with Crippen LogP contribution in [0.4, 0.5) is 16.2 Å². The molecule has 0 heterocycles. The highest BCUT2D eigenvalue weighted by atomic mass is 35.5. The topological polar surface area (TPSA) is 70.7 Å². The molecule has 0 aliphatic rings. The third kappa shape index (κ3) is 7.70. The molecule has 0 bridgehead atoms. The number of anilines is 2. The Kier molecular flexibility index (Phi) is 8.98. The van der Waals surface area contributed by atoms with Gasteiger partial charge in [0.1, 0.15) is 11.5 Å². The number of alkyl halides is 2. The first-order valence-corrected chi connectivity index (χ1v) is 11.3. The van der Waals surface area contributed by atoms with Crippen LogP contribution in [0.3, 0.4) is 0 Å². The first kappa shape index (κ1) is 24.4. The van der Waals surface area contributed by atoms with Gasteiger partial charge in [-0.3, -0.25) is 9.69 Å². The number of nitrogens with zero attached hydrogens (tertiary/aromatic N) is 1. The van der Waals surface area contributed by atoms with Gasteiger partial charge in [-0.1, -0.05) is 53.5 Å². The summed E-state index contributed by atoms with van der Waals surface area (Å²) in [6, 6.07) is 24.0. The lowest BCUT2D eigenvalue weighted by atomic mass is 10.2. The molecule has 172 valence electrons. The number of carbonyl (C=O) groups excluding carboxylic acids is 2. The molecule has 0 aliphatic carbocycles. The van der Waals surface area contributed by atoms with E-state index >= 15 is 0 Å². The van der Waals surface area contributed by atoms with Crippen molar-refractivity contribution < 1.29 is 14.3 Å². The van der Waals surface area contributed by atoms with Crippen LogP contribution in [0.1, 0.15) is 12.0 Å². The monoisotopic (exact) mass is 485 g/mol. The van der Waals surface area contributed by atoms with Crippen molar-refractivity contribution in [3.8, 4) is 11.5 Å². The zero-order valence-corrected chi connectivity index (χ0v) is 19.6. The molecule has 0 spiro atoms. The second-order valence-electron chi connectivity index (χ2n) is 7.31. The van der Waals surface area contributed by atoms with E-state index in [1.54, 1.807) is 4.90 Å². The van der Waals surface area contributed by atoms with Crippen LogP contribution in [0.25, 0.3) is 0 Å². The SMILES string of the molecule is Cc1cccc(NC(=O)N(CCCNC(=O)C(Cl)Cl)c2ccc(Oc3ccccc3)cc2)c1. The zero-order chi connectivity index (χ0) is 23.6. The van der Waals surface area contributed by atoms with Gasteiger partial charge in [0.2, 0.25) is 0 Å². The average Bonchev–Trinajstić information content (AvgIpc) is 2.80. The Bertz CT molecular complexity index is 1060. The highest BCUT2D eigenvalue weighted by Gasteiger charge is 2.17. The molecular formula is C25H25Cl2N3O3. The largest absolute Gasteiger partial charge is 0.457 e. The fraction of sp³-hybridized carbons (Fsp3) is 0.200. The molecule has 3 aromatic rings. The summed E-state index contributed by atoms with van der Waals surface area (Å²) >= 11 is 11.1. The molecule has 0 radical (unpaired) electrons. The quantitative estimate of drug-likeness (QED) is 0.282. The van der Waals surface area contributed by atoms with Gasteiger partial charge in [-0.15, -0.1) is 0 Å². The van der Waals surface area contributed by atoms with E-state index in [1.165, 1.54) is 0 Å². The Morgan fingerprint density at radius 2 is 1.64 bits per heavy atom. The summed E-state index contributed by atoms with van der Waals surface area (Å²) < 4.78 is 5.84. The number of halogens is 2. The average molecular weight is 486 g/mol. The second kappa shape index (κ2) is 12.1. The van der Waals surface area contributed by atoms with Gasteiger partial charge in [0.05, 0.1) is 0 Å². The van der Waals surface area contributed by atoms with Crippen LogP contribution in [0.2, 0.25) is 0 Å². The molecule has 8 heteroatoms. The van der Waals surface area contributed by atoms with Gasteiger partial charge in [0.25, 0.3) is 5.91 Å². The van der Waals surface area contributed by atoms with Crippen LogP contribution in [0, 0.1) is 6.92 Å². The van der Waals surface area contributed by atoms with E-state index < -0.39 is 10.7 Å². The maximum Gasteiger partial charge on any atom is 0.326 e. The first-order chi connectivity index (χ1) is 15.9. The second-order valence-corrected chi connectivity index (χ2v) is 8.40. The molecule has 3 amide bonds. The van der Waals surface area contributed by atoms with Crippen molar-refractivity contribution in [2.24, 2.45) is 0 Å². The van der Waals surface area contributed by atoms with E-state index in [0.717, 1.165) is 11.3 Å². The van der Waals surface area contributed by atoms with Crippen LogP contribution in [-0.4, -0.2) is 29.9 Å². The predicted molar refractivity (Wildman–Crippen MR) is 134 cm³/mol. The third-order valence-corrected chi connectivity index (χ3v) is 5.09. The van der Waals surface area contributed by atoms with E-state index in [-0.39, 0.29) is 6.03 Å². The standard InChI is InChI=1S/C25H25Cl2N3O3/c1-18-7-5-8-19(17-18)29-25(32)30(16-6-15-28-24(31)23(26)27)20-11-13-22(14-12-20)33-21-9-3-2-4-10-21/h2-5,7-14,17,23H,6,15-16H2,1H3,(H,28,31)(H,29,32). The maximum absolute atomic E-state index is 13.1. The van der Waals surface area contributed by atoms with Crippen molar-refractivity contribution in [2.45, 2.75) is 18.2 Å². The van der Waals surface area contributed by atoms with Crippen molar-refractivity contribution >= 4 is 46.5 Å². The number of ether oxygens (including phenoxy) is 1. The summed E-state index contributed by atoms with van der Waals surface area (Å²) in [4.78, 5) is 25.1. The molecule has 33 heavy (non-hydrogen) atoms. The van der Waals surface area contributed by atoms with Crippen molar-refractivity contribution in [3.05, 3.63) is 84.4 Å². The number of hydrogen-bond donors (Lipinski definition) is 2. The number of benzene rings is 3.